The molecule has 124 valence electrons. The molecule has 2 aromatic carbocycles. The molecule has 1 aliphatic heterocycles. The zero-order valence-corrected chi connectivity index (χ0v) is 13.9. The number of nitrogens with zero attached hydrogens (tertiary/aromatic N) is 1. The van der Waals surface area contributed by atoms with Crippen molar-refractivity contribution in [3.63, 3.8) is 0 Å². The minimum atomic E-state index is 0.165. The van der Waals surface area contributed by atoms with Crippen LogP contribution in [-0.4, -0.2) is 30.4 Å². The van der Waals surface area contributed by atoms with Gasteiger partial charge >= 0.3 is 0 Å². The van der Waals surface area contributed by atoms with Gasteiger partial charge in [0.05, 0.1) is 0 Å². The van der Waals surface area contributed by atoms with Crippen molar-refractivity contribution in [1.29, 1.82) is 0 Å². The molecule has 1 fully saturated rings. The SMILES string of the molecule is O=C(c1cccc(CNC/C=C/c2ccccc2)c1)N1CCCC1. The van der Waals surface area contributed by atoms with Crippen molar-refractivity contribution >= 4 is 12.0 Å². The lowest BCUT2D eigenvalue weighted by Gasteiger charge is -2.15. The van der Waals surface area contributed by atoms with E-state index in [0.717, 1.165) is 50.1 Å². The van der Waals surface area contributed by atoms with Gasteiger partial charge in [-0.2, -0.15) is 0 Å². The highest BCUT2D eigenvalue weighted by atomic mass is 16.2. The summed E-state index contributed by atoms with van der Waals surface area (Å²) in [7, 11) is 0. The van der Waals surface area contributed by atoms with Gasteiger partial charge in [0.15, 0.2) is 0 Å². The molecule has 0 bridgehead atoms. The minimum Gasteiger partial charge on any atom is -0.339 e. The maximum atomic E-state index is 12.4. The topological polar surface area (TPSA) is 32.3 Å². The standard InChI is InChI=1S/C21H24N2O/c24-21(23-14-4-5-15-23)20-12-6-10-19(16-20)17-22-13-7-11-18-8-2-1-3-9-18/h1-3,6-12,16,22H,4-5,13-15,17H2/b11-7+. The fourth-order valence-electron chi connectivity index (χ4n) is 2.98. The molecule has 1 heterocycles. The van der Waals surface area contributed by atoms with Crippen LogP contribution in [0.15, 0.2) is 60.7 Å². The Hall–Kier alpha value is -2.39. The molecule has 0 radical (unpaired) electrons. The van der Waals surface area contributed by atoms with Gasteiger partial charge in [0.1, 0.15) is 0 Å². The second-order valence-electron chi connectivity index (χ2n) is 6.14. The van der Waals surface area contributed by atoms with Crippen LogP contribution in [0.5, 0.6) is 0 Å². The second kappa shape index (κ2) is 8.46. The van der Waals surface area contributed by atoms with Crippen molar-refractivity contribution in [3.05, 3.63) is 77.4 Å². The van der Waals surface area contributed by atoms with Crippen molar-refractivity contribution < 1.29 is 4.79 Å². The lowest BCUT2D eigenvalue weighted by atomic mass is 10.1. The van der Waals surface area contributed by atoms with E-state index >= 15 is 0 Å². The molecule has 3 nitrogen and oxygen atoms in total. The monoisotopic (exact) mass is 320 g/mol. The Bertz CT molecular complexity index is 688. The summed E-state index contributed by atoms with van der Waals surface area (Å²) in [5.41, 5.74) is 3.15. The summed E-state index contributed by atoms with van der Waals surface area (Å²) in [5.74, 6) is 0.165. The van der Waals surface area contributed by atoms with Gasteiger partial charge < -0.3 is 10.2 Å². The molecule has 1 amide bonds. The normalized spacial score (nSPS) is 14.4. The average Bonchev–Trinajstić information content (AvgIpc) is 3.17. The fourth-order valence-corrected chi connectivity index (χ4v) is 2.98. The third-order valence-corrected chi connectivity index (χ3v) is 4.27. The quantitative estimate of drug-likeness (QED) is 0.823. The Morgan fingerprint density at radius 1 is 1.04 bits per heavy atom. The molecule has 0 aliphatic carbocycles. The first-order chi connectivity index (χ1) is 11.8. The van der Waals surface area contributed by atoms with Crippen molar-refractivity contribution in [1.82, 2.24) is 10.2 Å². The zero-order valence-electron chi connectivity index (χ0n) is 13.9. The summed E-state index contributed by atoms with van der Waals surface area (Å²) in [6, 6.07) is 18.2. The van der Waals surface area contributed by atoms with Crippen LogP contribution in [0.25, 0.3) is 6.08 Å². The highest BCUT2D eigenvalue weighted by Crippen LogP contribution is 2.14. The van der Waals surface area contributed by atoms with Gasteiger partial charge in [-0.1, -0.05) is 54.6 Å². The number of likely N-dealkylation sites (tertiary alicyclic amines) is 1. The number of carbonyl (C=O) groups is 1. The number of amides is 1. The van der Waals surface area contributed by atoms with Gasteiger partial charge in [-0.3, -0.25) is 4.79 Å². The van der Waals surface area contributed by atoms with Gasteiger partial charge in [0.2, 0.25) is 0 Å². The molecule has 0 saturated carbocycles. The molecule has 3 rings (SSSR count). The predicted molar refractivity (Wildman–Crippen MR) is 98.8 cm³/mol. The van der Waals surface area contributed by atoms with E-state index in [1.54, 1.807) is 0 Å². The molecule has 0 unspecified atom stereocenters. The van der Waals surface area contributed by atoms with Crippen LogP contribution in [0.1, 0.15) is 34.3 Å². The molecular formula is C21H24N2O. The predicted octanol–water partition coefficient (Wildman–Crippen LogP) is 3.73. The van der Waals surface area contributed by atoms with Crippen LogP contribution in [0, 0.1) is 0 Å². The molecular weight excluding hydrogens is 296 g/mol. The molecule has 3 heteroatoms. The van der Waals surface area contributed by atoms with Crippen molar-refractivity contribution in [2.45, 2.75) is 19.4 Å². The third-order valence-electron chi connectivity index (χ3n) is 4.27. The number of nitrogens with one attached hydrogen (secondary N) is 1. The van der Waals surface area contributed by atoms with E-state index in [2.05, 4.69) is 35.7 Å². The first-order valence-electron chi connectivity index (χ1n) is 8.63. The van der Waals surface area contributed by atoms with Crippen LogP contribution in [0.3, 0.4) is 0 Å². The fraction of sp³-hybridized carbons (Fsp3) is 0.286. The van der Waals surface area contributed by atoms with Crippen LogP contribution in [-0.2, 0) is 6.54 Å². The van der Waals surface area contributed by atoms with E-state index in [9.17, 15) is 4.79 Å². The van der Waals surface area contributed by atoms with E-state index in [0.29, 0.717) is 0 Å². The first-order valence-corrected chi connectivity index (χ1v) is 8.63. The molecule has 0 spiro atoms. The molecule has 24 heavy (non-hydrogen) atoms. The van der Waals surface area contributed by atoms with Crippen molar-refractivity contribution in [2.24, 2.45) is 0 Å². The highest BCUT2D eigenvalue weighted by Gasteiger charge is 2.19. The summed E-state index contributed by atoms with van der Waals surface area (Å²) in [5, 5.41) is 3.40. The Labute approximate surface area is 144 Å². The smallest absolute Gasteiger partial charge is 0.253 e. The third kappa shape index (κ3) is 4.56. The largest absolute Gasteiger partial charge is 0.339 e. The van der Waals surface area contributed by atoms with Crippen LogP contribution < -0.4 is 5.32 Å². The number of carbonyl (C=O) groups excluding carboxylic acids is 1. The van der Waals surface area contributed by atoms with Crippen LogP contribution >= 0.6 is 0 Å². The Kier molecular flexibility index (Phi) is 5.80. The molecule has 0 atom stereocenters. The van der Waals surface area contributed by atoms with Crippen LogP contribution in [0.4, 0.5) is 0 Å². The maximum Gasteiger partial charge on any atom is 0.253 e. The first kappa shape index (κ1) is 16.5. The Morgan fingerprint density at radius 3 is 2.62 bits per heavy atom. The summed E-state index contributed by atoms with van der Waals surface area (Å²) in [6.07, 6.45) is 6.48. The minimum absolute atomic E-state index is 0.165. The van der Waals surface area contributed by atoms with E-state index in [-0.39, 0.29) is 5.91 Å². The highest BCUT2D eigenvalue weighted by molar-refractivity contribution is 5.94. The van der Waals surface area contributed by atoms with Crippen LogP contribution in [0.2, 0.25) is 0 Å². The van der Waals surface area contributed by atoms with Gasteiger partial charge in [-0.25, -0.2) is 0 Å². The van der Waals surface area contributed by atoms with E-state index in [1.807, 2.05) is 41.3 Å². The van der Waals surface area contributed by atoms with Gasteiger partial charge in [0, 0.05) is 31.7 Å². The lowest BCUT2D eigenvalue weighted by Crippen LogP contribution is -2.27. The zero-order chi connectivity index (χ0) is 16.6. The van der Waals surface area contributed by atoms with E-state index in [4.69, 9.17) is 0 Å². The molecule has 2 aromatic rings. The number of hydrogen-bond acceptors (Lipinski definition) is 2. The Balaban J connectivity index is 1.49. The van der Waals surface area contributed by atoms with E-state index < -0.39 is 0 Å². The molecule has 1 saturated heterocycles. The molecule has 1 aliphatic rings. The number of benzene rings is 2. The second-order valence-corrected chi connectivity index (χ2v) is 6.14. The number of hydrogen-bond donors (Lipinski definition) is 1. The van der Waals surface area contributed by atoms with Gasteiger partial charge in [-0.05, 0) is 36.1 Å². The number of rotatable bonds is 6. The summed E-state index contributed by atoms with van der Waals surface area (Å²) in [4.78, 5) is 14.4. The molecule has 0 aromatic heterocycles. The van der Waals surface area contributed by atoms with Crippen molar-refractivity contribution in [3.8, 4) is 0 Å². The lowest BCUT2D eigenvalue weighted by molar-refractivity contribution is 0.0792. The van der Waals surface area contributed by atoms with Crippen molar-refractivity contribution in [2.75, 3.05) is 19.6 Å². The summed E-state index contributed by atoms with van der Waals surface area (Å²) >= 11 is 0. The van der Waals surface area contributed by atoms with Gasteiger partial charge in [-0.15, -0.1) is 0 Å². The Morgan fingerprint density at radius 2 is 1.83 bits per heavy atom. The molecule has 1 N–H and O–H groups in total. The summed E-state index contributed by atoms with van der Waals surface area (Å²) < 4.78 is 0. The average molecular weight is 320 g/mol. The van der Waals surface area contributed by atoms with Gasteiger partial charge in [0.25, 0.3) is 5.91 Å². The summed E-state index contributed by atoms with van der Waals surface area (Å²) in [6.45, 7) is 3.36. The van der Waals surface area contributed by atoms with E-state index in [1.165, 1.54) is 5.56 Å². The maximum absolute atomic E-state index is 12.4.